The molecule has 1 aromatic rings. The highest BCUT2D eigenvalue weighted by Gasteiger charge is 2.36. The summed E-state index contributed by atoms with van der Waals surface area (Å²) in [5.41, 5.74) is 3.11. The second-order valence-corrected chi connectivity index (χ2v) is 9.37. The zero-order valence-electron chi connectivity index (χ0n) is 19.7. The van der Waals surface area contributed by atoms with E-state index in [1.54, 1.807) is 19.9 Å². The summed E-state index contributed by atoms with van der Waals surface area (Å²) in [4.78, 5) is 23.5. The van der Waals surface area contributed by atoms with Crippen LogP contribution < -0.4 is 0 Å². The first-order chi connectivity index (χ1) is 15.6. The number of allylic oxidation sites excluding steroid dienone is 2. The van der Waals surface area contributed by atoms with Crippen LogP contribution in [0.3, 0.4) is 0 Å². The molecule has 1 unspecified atom stereocenters. The minimum Gasteiger partial charge on any atom is -0.464 e. The van der Waals surface area contributed by atoms with Crippen molar-refractivity contribution in [1.29, 1.82) is 0 Å². The molecule has 0 saturated carbocycles. The third-order valence-corrected chi connectivity index (χ3v) is 6.14. The Kier molecular flexibility index (Phi) is 8.08. The first-order valence-corrected chi connectivity index (χ1v) is 11.4. The number of carbonyl (C=O) groups is 2. The van der Waals surface area contributed by atoms with Crippen molar-refractivity contribution in [3.8, 4) is 0 Å². The van der Waals surface area contributed by atoms with Crippen LogP contribution in [0.25, 0.3) is 5.57 Å². The van der Waals surface area contributed by atoms with E-state index in [2.05, 4.69) is 13.8 Å². The van der Waals surface area contributed by atoms with Gasteiger partial charge in [-0.3, -0.25) is 4.79 Å². The van der Waals surface area contributed by atoms with Crippen LogP contribution in [0.1, 0.15) is 57.6 Å². The molecule has 0 radical (unpaired) electrons. The van der Waals surface area contributed by atoms with E-state index in [0.29, 0.717) is 31.4 Å². The minimum atomic E-state index is -0.714. The number of ether oxygens (including phenoxy) is 3. The Balaban J connectivity index is 1.94. The summed E-state index contributed by atoms with van der Waals surface area (Å²) in [7, 11) is 0. The number of aryl methyl sites for hydroxylation is 1. The van der Waals surface area contributed by atoms with Gasteiger partial charge in [-0.15, -0.1) is 0 Å². The third kappa shape index (κ3) is 6.51. The highest BCUT2D eigenvalue weighted by molar-refractivity contribution is 5.75. The number of aliphatic hydroxyl groups is 1. The molecule has 0 spiro atoms. The molecule has 1 aliphatic carbocycles. The van der Waals surface area contributed by atoms with E-state index < -0.39 is 24.1 Å². The Bertz CT molecular complexity index is 948. The maximum absolute atomic E-state index is 14.0. The van der Waals surface area contributed by atoms with Crippen molar-refractivity contribution in [2.45, 2.75) is 71.7 Å². The van der Waals surface area contributed by atoms with Crippen LogP contribution in [0.4, 0.5) is 4.39 Å². The molecule has 3 rings (SSSR count). The van der Waals surface area contributed by atoms with Crippen LogP contribution >= 0.6 is 0 Å². The zero-order valence-corrected chi connectivity index (χ0v) is 19.7. The topological polar surface area (TPSA) is 82.1 Å². The number of rotatable bonds is 7. The number of hydrogen-bond donors (Lipinski definition) is 1. The highest BCUT2D eigenvalue weighted by atomic mass is 19.1. The molecule has 2 aliphatic rings. The lowest BCUT2D eigenvalue weighted by atomic mass is 9.69. The van der Waals surface area contributed by atoms with Crippen molar-refractivity contribution in [2.75, 3.05) is 13.2 Å². The highest BCUT2D eigenvalue weighted by Crippen LogP contribution is 2.46. The van der Waals surface area contributed by atoms with E-state index in [1.165, 1.54) is 6.07 Å². The molecule has 0 bridgehead atoms. The molecule has 0 aromatic heterocycles. The van der Waals surface area contributed by atoms with Crippen LogP contribution in [-0.2, 0) is 23.8 Å². The quantitative estimate of drug-likeness (QED) is 0.612. The number of halogens is 1. The van der Waals surface area contributed by atoms with Gasteiger partial charge in [-0.05, 0) is 72.6 Å². The molecule has 33 heavy (non-hydrogen) atoms. The molecule has 3 atom stereocenters. The molecular weight excluding hydrogens is 427 g/mol. The number of cyclic esters (lactones) is 1. The third-order valence-electron chi connectivity index (χ3n) is 6.14. The van der Waals surface area contributed by atoms with Gasteiger partial charge < -0.3 is 19.3 Å². The van der Waals surface area contributed by atoms with Crippen LogP contribution in [0.15, 0.2) is 35.9 Å². The first-order valence-electron chi connectivity index (χ1n) is 11.4. The molecule has 1 saturated heterocycles. The maximum Gasteiger partial charge on any atom is 0.332 e. The van der Waals surface area contributed by atoms with Crippen LogP contribution in [0, 0.1) is 18.2 Å². The lowest BCUT2D eigenvalue weighted by Gasteiger charge is -2.39. The van der Waals surface area contributed by atoms with Crippen LogP contribution in [-0.4, -0.2) is 48.6 Å². The predicted octanol–water partition coefficient (Wildman–Crippen LogP) is 4.28. The molecule has 1 aliphatic heterocycles. The van der Waals surface area contributed by atoms with Crippen molar-refractivity contribution in [2.24, 2.45) is 5.41 Å². The van der Waals surface area contributed by atoms with E-state index in [1.807, 2.05) is 18.2 Å². The summed E-state index contributed by atoms with van der Waals surface area (Å²) < 4.78 is 30.2. The maximum atomic E-state index is 14.0. The van der Waals surface area contributed by atoms with Crippen LogP contribution in [0.2, 0.25) is 0 Å². The molecule has 1 N–H and O–H groups in total. The molecule has 6 nitrogen and oxygen atoms in total. The first kappa shape index (κ1) is 25.1. The second-order valence-electron chi connectivity index (χ2n) is 9.37. The summed E-state index contributed by atoms with van der Waals surface area (Å²) in [6.45, 7) is 7.83. The van der Waals surface area contributed by atoms with E-state index in [0.717, 1.165) is 16.7 Å². The number of aliphatic hydroxyl groups excluding tert-OH is 1. The fourth-order valence-electron chi connectivity index (χ4n) is 4.57. The van der Waals surface area contributed by atoms with Gasteiger partial charge in [0.2, 0.25) is 0 Å². The summed E-state index contributed by atoms with van der Waals surface area (Å²) in [6, 6.07) is 5.01. The Morgan fingerprint density at radius 3 is 2.76 bits per heavy atom. The average molecular weight is 461 g/mol. The second kappa shape index (κ2) is 10.6. The van der Waals surface area contributed by atoms with Crippen molar-refractivity contribution in [1.82, 2.24) is 0 Å². The molecule has 0 amide bonds. The predicted molar refractivity (Wildman–Crippen MR) is 122 cm³/mol. The number of hydrogen-bond acceptors (Lipinski definition) is 6. The Morgan fingerprint density at radius 1 is 1.33 bits per heavy atom. The Hall–Kier alpha value is -2.51. The van der Waals surface area contributed by atoms with Gasteiger partial charge in [-0.1, -0.05) is 26.0 Å². The summed E-state index contributed by atoms with van der Waals surface area (Å²) in [5.74, 6) is -1.09. The molecule has 1 heterocycles. The lowest BCUT2D eigenvalue weighted by Crippen LogP contribution is -2.33. The van der Waals surface area contributed by atoms with Crippen molar-refractivity contribution >= 4 is 17.5 Å². The monoisotopic (exact) mass is 460 g/mol. The average Bonchev–Trinajstić information content (AvgIpc) is 2.72. The van der Waals surface area contributed by atoms with Crippen molar-refractivity contribution in [3.63, 3.8) is 0 Å². The van der Waals surface area contributed by atoms with Gasteiger partial charge in [-0.25, -0.2) is 9.18 Å². The molecule has 180 valence electrons. The van der Waals surface area contributed by atoms with E-state index in [9.17, 15) is 19.1 Å². The Morgan fingerprint density at radius 2 is 2.09 bits per heavy atom. The SMILES string of the molecule is CCOC(=O)COC1CC(c2ccc(F)c(C)c2)=C(C=C[C@H]2C[C@H](O)CC(=O)O2)C(C)(C)C1. The zero-order chi connectivity index (χ0) is 24.2. The van der Waals surface area contributed by atoms with E-state index >= 15 is 0 Å². The molecule has 7 heteroatoms. The largest absolute Gasteiger partial charge is 0.464 e. The van der Waals surface area contributed by atoms with Gasteiger partial charge in [-0.2, -0.15) is 0 Å². The van der Waals surface area contributed by atoms with Gasteiger partial charge in [0.25, 0.3) is 0 Å². The number of carbonyl (C=O) groups excluding carboxylic acids is 2. The van der Waals surface area contributed by atoms with E-state index in [-0.39, 0.29) is 30.4 Å². The fourth-order valence-corrected chi connectivity index (χ4v) is 4.57. The van der Waals surface area contributed by atoms with Crippen molar-refractivity contribution < 1.29 is 33.3 Å². The summed E-state index contributed by atoms with van der Waals surface area (Å²) in [5, 5.41) is 9.92. The fraction of sp³-hybridized carbons (Fsp3) is 0.538. The minimum absolute atomic E-state index is 0.0120. The number of benzene rings is 1. The molecule has 1 fully saturated rings. The summed E-state index contributed by atoms with van der Waals surface area (Å²) in [6.07, 6.45) is 3.91. The standard InChI is InChI=1S/C26H33FO6/c1-5-31-25(30)15-32-20-13-21(17-6-9-23(27)16(2)10-17)22(26(3,4)14-20)8-7-19-11-18(28)12-24(29)33-19/h6-10,18-20,28H,5,11-15H2,1-4H3/t18-,19-,20?/m0/s1. The van der Waals surface area contributed by atoms with Gasteiger partial charge in [0, 0.05) is 6.42 Å². The number of esters is 2. The lowest BCUT2D eigenvalue weighted by molar-refractivity contribution is -0.156. The van der Waals surface area contributed by atoms with Crippen LogP contribution in [0.5, 0.6) is 0 Å². The molecule has 1 aromatic carbocycles. The summed E-state index contributed by atoms with van der Waals surface area (Å²) >= 11 is 0. The van der Waals surface area contributed by atoms with Crippen molar-refractivity contribution in [3.05, 3.63) is 52.9 Å². The van der Waals surface area contributed by atoms with Gasteiger partial charge >= 0.3 is 11.9 Å². The normalized spacial score (nSPS) is 25.3. The van der Waals surface area contributed by atoms with E-state index in [4.69, 9.17) is 14.2 Å². The Labute approximate surface area is 194 Å². The molecular formula is C26H33FO6. The van der Waals surface area contributed by atoms with Gasteiger partial charge in [0.1, 0.15) is 18.5 Å². The van der Waals surface area contributed by atoms with Gasteiger partial charge in [0.05, 0.1) is 25.2 Å². The van der Waals surface area contributed by atoms with Gasteiger partial charge in [0.15, 0.2) is 0 Å². The smallest absolute Gasteiger partial charge is 0.332 e.